The Morgan fingerprint density at radius 2 is 1.84 bits per heavy atom. The van der Waals surface area contributed by atoms with Gasteiger partial charge in [0.1, 0.15) is 0 Å². The predicted molar refractivity (Wildman–Crippen MR) is 98.8 cm³/mol. The van der Waals surface area contributed by atoms with Crippen LogP contribution in [-0.4, -0.2) is 60.4 Å². The van der Waals surface area contributed by atoms with Gasteiger partial charge in [0, 0.05) is 39.1 Å². The normalized spacial score (nSPS) is 23.3. The number of amides is 1. The van der Waals surface area contributed by atoms with Crippen LogP contribution in [0.1, 0.15) is 18.4 Å². The van der Waals surface area contributed by atoms with E-state index in [4.69, 9.17) is 0 Å². The standard InChI is InChI=1S/C17H23F2N3O.2ClH/c18-17(19)11-15(20-13-17)16(23)22-8-4-7-21(9-10-22)12-14-5-2-1-3-6-14;;/h1-3,5-6,15,20H,4,7-13H2;2*1H. The molecule has 142 valence electrons. The number of rotatable bonds is 3. The lowest BCUT2D eigenvalue weighted by Crippen LogP contribution is -2.45. The predicted octanol–water partition coefficient (Wildman–Crippen LogP) is 2.56. The zero-order valence-corrected chi connectivity index (χ0v) is 15.6. The van der Waals surface area contributed by atoms with Crippen molar-refractivity contribution in [3.05, 3.63) is 35.9 Å². The minimum atomic E-state index is -2.76. The second-order valence-corrected chi connectivity index (χ2v) is 6.43. The van der Waals surface area contributed by atoms with E-state index >= 15 is 0 Å². The molecule has 25 heavy (non-hydrogen) atoms. The number of nitrogens with zero attached hydrogens (tertiary/aromatic N) is 2. The van der Waals surface area contributed by atoms with Crippen LogP contribution in [0.25, 0.3) is 0 Å². The molecule has 8 heteroatoms. The van der Waals surface area contributed by atoms with E-state index in [1.165, 1.54) is 5.56 Å². The molecule has 1 aromatic carbocycles. The Morgan fingerprint density at radius 3 is 2.48 bits per heavy atom. The van der Waals surface area contributed by atoms with Crippen LogP contribution in [0.2, 0.25) is 0 Å². The molecule has 0 spiro atoms. The minimum Gasteiger partial charge on any atom is -0.340 e. The molecule has 3 rings (SSSR count). The number of alkyl halides is 2. The van der Waals surface area contributed by atoms with Crippen molar-refractivity contribution in [3.63, 3.8) is 0 Å². The van der Waals surface area contributed by atoms with Crippen molar-refractivity contribution in [2.45, 2.75) is 31.4 Å². The van der Waals surface area contributed by atoms with Gasteiger partial charge in [0.05, 0.1) is 12.6 Å². The maximum absolute atomic E-state index is 13.3. The van der Waals surface area contributed by atoms with Crippen molar-refractivity contribution >= 4 is 30.7 Å². The first-order chi connectivity index (χ1) is 11.0. The summed E-state index contributed by atoms with van der Waals surface area (Å²) in [5, 5.41) is 2.66. The summed E-state index contributed by atoms with van der Waals surface area (Å²) in [6.45, 7) is 3.43. The fourth-order valence-electron chi connectivity index (χ4n) is 3.30. The number of hydrogen-bond donors (Lipinski definition) is 1. The highest BCUT2D eigenvalue weighted by Crippen LogP contribution is 2.26. The van der Waals surface area contributed by atoms with Crippen LogP contribution in [0.3, 0.4) is 0 Å². The highest BCUT2D eigenvalue weighted by molar-refractivity contribution is 5.85. The van der Waals surface area contributed by atoms with Gasteiger partial charge in [-0.1, -0.05) is 30.3 Å². The van der Waals surface area contributed by atoms with Gasteiger partial charge >= 0.3 is 0 Å². The lowest BCUT2D eigenvalue weighted by atomic mass is 10.1. The zero-order valence-electron chi connectivity index (χ0n) is 14.0. The number of carbonyl (C=O) groups is 1. The summed E-state index contributed by atoms with van der Waals surface area (Å²) in [5.41, 5.74) is 1.25. The average molecular weight is 396 g/mol. The Labute approximate surface area is 159 Å². The summed E-state index contributed by atoms with van der Waals surface area (Å²) < 4.78 is 26.5. The van der Waals surface area contributed by atoms with E-state index in [-0.39, 0.29) is 37.1 Å². The van der Waals surface area contributed by atoms with Gasteiger partial charge in [-0.2, -0.15) is 0 Å². The molecule has 2 saturated heterocycles. The summed E-state index contributed by atoms with van der Waals surface area (Å²) in [4.78, 5) is 16.5. The van der Waals surface area contributed by atoms with Gasteiger partial charge in [-0.15, -0.1) is 24.8 Å². The lowest BCUT2D eigenvalue weighted by molar-refractivity contribution is -0.133. The van der Waals surface area contributed by atoms with E-state index in [0.29, 0.717) is 13.1 Å². The highest BCUT2D eigenvalue weighted by atomic mass is 35.5. The second-order valence-electron chi connectivity index (χ2n) is 6.43. The van der Waals surface area contributed by atoms with Crippen LogP contribution in [0.4, 0.5) is 8.78 Å². The Kier molecular flexibility index (Phi) is 8.54. The highest BCUT2D eigenvalue weighted by Gasteiger charge is 2.43. The molecular formula is C17H25Cl2F2N3O. The third-order valence-electron chi connectivity index (χ3n) is 4.56. The van der Waals surface area contributed by atoms with E-state index in [0.717, 1.165) is 26.1 Å². The SMILES string of the molecule is Cl.Cl.O=C(C1CC(F)(F)CN1)N1CCCN(Cc2ccccc2)CC1. The molecule has 2 fully saturated rings. The average Bonchev–Trinajstić information content (AvgIpc) is 2.75. The third kappa shape index (κ3) is 6.06. The molecule has 1 atom stereocenters. The molecule has 1 unspecified atom stereocenters. The van der Waals surface area contributed by atoms with Gasteiger partial charge in [0.25, 0.3) is 5.92 Å². The molecule has 0 radical (unpaired) electrons. The summed E-state index contributed by atoms with van der Waals surface area (Å²) in [6, 6.07) is 9.50. The van der Waals surface area contributed by atoms with E-state index in [2.05, 4.69) is 22.3 Å². The van der Waals surface area contributed by atoms with Crippen LogP contribution in [0.5, 0.6) is 0 Å². The molecule has 0 aliphatic carbocycles. The fraction of sp³-hybridized carbons (Fsp3) is 0.588. The molecule has 4 nitrogen and oxygen atoms in total. The van der Waals surface area contributed by atoms with Crippen LogP contribution in [0, 0.1) is 0 Å². The van der Waals surface area contributed by atoms with Crippen molar-refractivity contribution in [3.8, 4) is 0 Å². The molecular weight excluding hydrogens is 371 g/mol. The summed E-state index contributed by atoms with van der Waals surface area (Å²) in [5.74, 6) is -2.94. The maximum Gasteiger partial charge on any atom is 0.262 e. The maximum atomic E-state index is 13.3. The Morgan fingerprint density at radius 1 is 1.12 bits per heavy atom. The van der Waals surface area contributed by atoms with Crippen molar-refractivity contribution in [1.82, 2.24) is 15.1 Å². The summed E-state index contributed by atoms with van der Waals surface area (Å²) >= 11 is 0. The number of carbonyl (C=O) groups excluding carboxylic acids is 1. The Hall–Kier alpha value is -0.950. The Balaban J connectivity index is 0.00000156. The van der Waals surface area contributed by atoms with Crippen LogP contribution < -0.4 is 5.32 Å². The van der Waals surface area contributed by atoms with Gasteiger partial charge < -0.3 is 4.90 Å². The fourth-order valence-corrected chi connectivity index (χ4v) is 3.30. The van der Waals surface area contributed by atoms with Crippen LogP contribution in [-0.2, 0) is 11.3 Å². The molecule has 2 heterocycles. The number of benzene rings is 1. The molecule has 0 aromatic heterocycles. The second kappa shape index (κ2) is 9.67. The van der Waals surface area contributed by atoms with Gasteiger partial charge in [-0.25, -0.2) is 8.78 Å². The van der Waals surface area contributed by atoms with E-state index in [1.54, 1.807) is 4.90 Å². The first-order valence-electron chi connectivity index (χ1n) is 8.20. The van der Waals surface area contributed by atoms with E-state index < -0.39 is 18.5 Å². The van der Waals surface area contributed by atoms with Gasteiger partial charge in [0.2, 0.25) is 5.91 Å². The zero-order chi connectivity index (χ0) is 16.3. The molecule has 0 bridgehead atoms. The van der Waals surface area contributed by atoms with Crippen molar-refractivity contribution in [2.24, 2.45) is 0 Å². The number of halogens is 4. The minimum absolute atomic E-state index is 0. The van der Waals surface area contributed by atoms with Crippen molar-refractivity contribution in [1.29, 1.82) is 0 Å². The van der Waals surface area contributed by atoms with Crippen LogP contribution >= 0.6 is 24.8 Å². The summed E-state index contributed by atoms with van der Waals surface area (Å²) in [6.07, 6.45) is 0.498. The molecule has 1 N–H and O–H groups in total. The third-order valence-corrected chi connectivity index (χ3v) is 4.56. The smallest absolute Gasteiger partial charge is 0.262 e. The molecule has 2 aliphatic rings. The first-order valence-corrected chi connectivity index (χ1v) is 8.20. The molecule has 1 aromatic rings. The summed E-state index contributed by atoms with van der Waals surface area (Å²) in [7, 11) is 0. The quantitative estimate of drug-likeness (QED) is 0.853. The van der Waals surface area contributed by atoms with Gasteiger partial charge in [-0.3, -0.25) is 15.0 Å². The topological polar surface area (TPSA) is 35.6 Å². The lowest BCUT2D eigenvalue weighted by Gasteiger charge is -2.24. The monoisotopic (exact) mass is 395 g/mol. The van der Waals surface area contributed by atoms with Crippen molar-refractivity contribution < 1.29 is 13.6 Å². The van der Waals surface area contributed by atoms with Gasteiger partial charge in [0.15, 0.2) is 0 Å². The van der Waals surface area contributed by atoms with E-state index in [1.807, 2.05) is 18.2 Å². The Bertz CT molecular complexity index is 548. The van der Waals surface area contributed by atoms with E-state index in [9.17, 15) is 13.6 Å². The largest absolute Gasteiger partial charge is 0.340 e. The molecule has 0 saturated carbocycles. The molecule has 1 amide bonds. The van der Waals surface area contributed by atoms with Crippen molar-refractivity contribution in [2.75, 3.05) is 32.7 Å². The van der Waals surface area contributed by atoms with Gasteiger partial charge in [-0.05, 0) is 12.0 Å². The first kappa shape index (κ1) is 22.1. The molecule has 2 aliphatic heterocycles. The number of nitrogens with one attached hydrogen (secondary N) is 1. The van der Waals surface area contributed by atoms with Crippen LogP contribution in [0.15, 0.2) is 30.3 Å². The number of hydrogen-bond acceptors (Lipinski definition) is 3.